The monoisotopic (exact) mass is 340 g/mol. The first-order valence-electron chi connectivity index (χ1n) is 6.04. The van der Waals surface area contributed by atoms with E-state index in [1.165, 1.54) is 12.1 Å². The molecule has 0 saturated heterocycles. The fourth-order valence-electron chi connectivity index (χ4n) is 1.82. The average molecular weight is 341 g/mol. The quantitative estimate of drug-likeness (QED) is 0.877. The molecule has 2 rings (SSSR count). The predicted octanol–water partition coefficient (Wildman–Crippen LogP) is 2.44. The summed E-state index contributed by atoms with van der Waals surface area (Å²) in [7, 11) is 0. The summed E-state index contributed by atoms with van der Waals surface area (Å²) in [5, 5.41) is 6.97. The summed E-state index contributed by atoms with van der Waals surface area (Å²) in [6, 6.07) is 3.53. The second kappa shape index (κ2) is 6.04. The van der Waals surface area contributed by atoms with Gasteiger partial charge in [-0.1, -0.05) is 22.0 Å². The zero-order chi connectivity index (χ0) is 14.7. The molecule has 1 unspecified atom stereocenters. The molecule has 1 aromatic carbocycles. The predicted molar refractivity (Wildman–Crippen MR) is 77.6 cm³/mol. The first-order valence-corrected chi connectivity index (χ1v) is 6.83. The number of nitrogens with zero attached hydrogens (tertiary/aromatic N) is 2. The third kappa shape index (κ3) is 3.16. The molecular formula is C13H14BrFN4O. The van der Waals surface area contributed by atoms with E-state index in [2.05, 4.69) is 26.3 Å². The van der Waals surface area contributed by atoms with Crippen molar-refractivity contribution in [2.45, 2.75) is 19.5 Å². The van der Waals surface area contributed by atoms with Crippen molar-refractivity contribution < 1.29 is 9.18 Å². The number of benzene rings is 1. The highest BCUT2D eigenvalue weighted by Crippen LogP contribution is 2.24. The first-order chi connectivity index (χ1) is 9.51. The van der Waals surface area contributed by atoms with Gasteiger partial charge in [-0.2, -0.15) is 5.10 Å². The molecule has 1 aromatic heterocycles. The largest absolute Gasteiger partial charge is 0.368 e. The standard InChI is InChI=1S/C13H14BrFN4O/c1-2-19-7-9(6-17-19)18-12(13(16)20)10-4-3-8(14)5-11(10)15/h3-7,12,18H,2H2,1H3,(H2,16,20). The second-order valence-corrected chi connectivity index (χ2v) is 5.15. The van der Waals surface area contributed by atoms with Crippen LogP contribution >= 0.6 is 15.9 Å². The van der Waals surface area contributed by atoms with Gasteiger partial charge < -0.3 is 11.1 Å². The Kier molecular flexibility index (Phi) is 4.39. The third-order valence-corrected chi connectivity index (χ3v) is 3.32. The van der Waals surface area contributed by atoms with Gasteiger partial charge in [0.25, 0.3) is 0 Å². The SMILES string of the molecule is CCn1cc(NC(C(N)=O)c2ccc(Br)cc2F)cn1. The van der Waals surface area contributed by atoms with Gasteiger partial charge in [0.1, 0.15) is 11.9 Å². The molecular weight excluding hydrogens is 327 g/mol. The van der Waals surface area contributed by atoms with Crippen LogP contribution in [0.3, 0.4) is 0 Å². The van der Waals surface area contributed by atoms with Gasteiger partial charge in [-0.25, -0.2) is 4.39 Å². The van der Waals surface area contributed by atoms with Crippen molar-refractivity contribution in [2.24, 2.45) is 5.73 Å². The molecule has 0 radical (unpaired) electrons. The van der Waals surface area contributed by atoms with Crippen LogP contribution in [-0.4, -0.2) is 15.7 Å². The number of hydrogen-bond donors (Lipinski definition) is 2. The number of aromatic nitrogens is 2. The van der Waals surface area contributed by atoms with Crippen molar-refractivity contribution in [3.63, 3.8) is 0 Å². The Morgan fingerprint density at radius 2 is 2.35 bits per heavy atom. The lowest BCUT2D eigenvalue weighted by Gasteiger charge is -2.16. The molecule has 2 aromatic rings. The Labute approximate surface area is 124 Å². The smallest absolute Gasteiger partial charge is 0.244 e. The number of carbonyl (C=O) groups is 1. The van der Waals surface area contributed by atoms with Gasteiger partial charge in [0.05, 0.1) is 11.9 Å². The minimum absolute atomic E-state index is 0.199. The number of hydrogen-bond acceptors (Lipinski definition) is 3. The molecule has 1 atom stereocenters. The highest BCUT2D eigenvalue weighted by atomic mass is 79.9. The molecule has 0 saturated carbocycles. The fourth-order valence-corrected chi connectivity index (χ4v) is 2.15. The molecule has 0 bridgehead atoms. The third-order valence-electron chi connectivity index (χ3n) is 2.83. The van der Waals surface area contributed by atoms with Crippen LogP contribution in [0.25, 0.3) is 0 Å². The summed E-state index contributed by atoms with van der Waals surface area (Å²) in [6.07, 6.45) is 3.29. The minimum Gasteiger partial charge on any atom is -0.368 e. The summed E-state index contributed by atoms with van der Waals surface area (Å²) in [5.41, 5.74) is 6.16. The van der Waals surface area contributed by atoms with Gasteiger partial charge in [-0.3, -0.25) is 9.48 Å². The maximum absolute atomic E-state index is 13.9. The fraction of sp³-hybridized carbons (Fsp3) is 0.231. The van der Waals surface area contributed by atoms with Crippen LogP contribution in [0.2, 0.25) is 0 Å². The van der Waals surface area contributed by atoms with E-state index < -0.39 is 17.8 Å². The maximum Gasteiger partial charge on any atom is 0.244 e. The Bertz CT molecular complexity index is 629. The molecule has 0 spiro atoms. The molecule has 20 heavy (non-hydrogen) atoms. The van der Waals surface area contributed by atoms with Crippen molar-refractivity contribution in [3.05, 3.63) is 46.4 Å². The van der Waals surface area contributed by atoms with Crippen molar-refractivity contribution >= 4 is 27.5 Å². The summed E-state index contributed by atoms with van der Waals surface area (Å²) < 4.78 is 16.2. The van der Waals surface area contributed by atoms with Gasteiger partial charge >= 0.3 is 0 Å². The van der Waals surface area contributed by atoms with E-state index in [-0.39, 0.29) is 5.56 Å². The van der Waals surface area contributed by atoms with E-state index in [9.17, 15) is 9.18 Å². The van der Waals surface area contributed by atoms with Crippen molar-refractivity contribution in [1.82, 2.24) is 9.78 Å². The Hall–Kier alpha value is -1.89. The summed E-state index contributed by atoms with van der Waals surface area (Å²) in [4.78, 5) is 11.6. The minimum atomic E-state index is -0.947. The number of amides is 1. The maximum atomic E-state index is 13.9. The van der Waals surface area contributed by atoms with E-state index in [1.807, 2.05) is 6.92 Å². The molecule has 0 fully saturated rings. The van der Waals surface area contributed by atoms with Crippen LogP contribution in [-0.2, 0) is 11.3 Å². The van der Waals surface area contributed by atoms with Gasteiger partial charge in [0, 0.05) is 22.8 Å². The number of halogens is 2. The number of aryl methyl sites for hydroxylation is 1. The van der Waals surface area contributed by atoms with Gasteiger partial charge in [-0.15, -0.1) is 0 Å². The molecule has 0 aliphatic heterocycles. The van der Waals surface area contributed by atoms with E-state index >= 15 is 0 Å². The summed E-state index contributed by atoms with van der Waals surface area (Å²) in [6.45, 7) is 2.65. The molecule has 0 aliphatic carbocycles. The lowest BCUT2D eigenvalue weighted by Crippen LogP contribution is -2.28. The summed E-state index contributed by atoms with van der Waals surface area (Å²) >= 11 is 3.17. The molecule has 7 heteroatoms. The lowest BCUT2D eigenvalue weighted by atomic mass is 10.1. The van der Waals surface area contributed by atoms with Crippen LogP contribution in [0.5, 0.6) is 0 Å². The zero-order valence-corrected chi connectivity index (χ0v) is 12.4. The van der Waals surface area contributed by atoms with Crippen LogP contribution in [0.4, 0.5) is 10.1 Å². The first kappa shape index (κ1) is 14.5. The molecule has 5 nitrogen and oxygen atoms in total. The molecule has 3 N–H and O–H groups in total. The Morgan fingerprint density at radius 3 is 2.90 bits per heavy atom. The topological polar surface area (TPSA) is 72.9 Å². The highest BCUT2D eigenvalue weighted by molar-refractivity contribution is 9.10. The van der Waals surface area contributed by atoms with Gasteiger partial charge in [0.2, 0.25) is 5.91 Å². The molecule has 106 valence electrons. The second-order valence-electron chi connectivity index (χ2n) is 4.23. The average Bonchev–Trinajstić information content (AvgIpc) is 2.84. The van der Waals surface area contributed by atoms with Crippen LogP contribution in [0.1, 0.15) is 18.5 Å². The molecule has 1 heterocycles. The van der Waals surface area contributed by atoms with Crippen molar-refractivity contribution in [1.29, 1.82) is 0 Å². The van der Waals surface area contributed by atoms with E-state index in [0.29, 0.717) is 16.7 Å². The van der Waals surface area contributed by atoms with Crippen molar-refractivity contribution in [2.75, 3.05) is 5.32 Å². The summed E-state index contributed by atoms with van der Waals surface area (Å²) in [5.74, 6) is -1.16. The normalized spacial score (nSPS) is 12.2. The highest BCUT2D eigenvalue weighted by Gasteiger charge is 2.21. The van der Waals surface area contributed by atoms with E-state index in [1.54, 1.807) is 23.1 Å². The number of nitrogens with two attached hydrogens (primary N) is 1. The number of anilines is 1. The van der Waals surface area contributed by atoms with Crippen LogP contribution < -0.4 is 11.1 Å². The van der Waals surface area contributed by atoms with Crippen molar-refractivity contribution in [3.8, 4) is 0 Å². The lowest BCUT2D eigenvalue weighted by molar-refractivity contribution is -0.118. The number of nitrogens with one attached hydrogen (secondary N) is 1. The van der Waals surface area contributed by atoms with Crippen LogP contribution in [0.15, 0.2) is 35.1 Å². The van der Waals surface area contributed by atoms with E-state index in [0.717, 1.165) is 0 Å². The van der Waals surface area contributed by atoms with Gasteiger partial charge in [-0.05, 0) is 19.1 Å². The Morgan fingerprint density at radius 1 is 1.60 bits per heavy atom. The Balaban J connectivity index is 2.29. The molecule has 1 amide bonds. The van der Waals surface area contributed by atoms with Gasteiger partial charge in [0.15, 0.2) is 0 Å². The molecule has 0 aliphatic rings. The number of carbonyl (C=O) groups excluding carboxylic acids is 1. The zero-order valence-electron chi connectivity index (χ0n) is 10.8. The number of rotatable bonds is 5. The van der Waals surface area contributed by atoms with E-state index in [4.69, 9.17) is 5.73 Å². The van der Waals surface area contributed by atoms with Crippen LogP contribution in [0, 0.1) is 5.82 Å². The number of primary amides is 1.